The van der Waals surface area contributed by atoms with Gasteiger partial charge in [-0.25, -0.2) is 0 Å². The monoisotopic (exact) mass is 365 g/mol. The molecule has 3 aromatic rings. The molecule has 3 heterocycles. The van der Waals surface area contributed by atoms with Gasteiger partial charge in [-0.05, 0) is 54.6 Å². The van der Waals surface area contributed by atoms with Crippen LogP contribution in [-0.2, 0) is 0 Å². The highest BCUT2D eigenvalue weighted by Crippen LogP contribution is 2.31. The third-order valence-corrected chi connectivity index (χ3v) is 5.73. The molecule has 0 radical (unpaired) electrons. The Morgan fingerprint density at radius 3 is 3.00 bits per heavy atom. The zero-order chi connectivity index (χ0) is 17.9. The molecule has 2 aromatic heterocycles. The summed E-state index contributed by atoms with van der Waals surface area (Å²) in [7, 11) is 0. The molecule has 0 spiro atoms. The predicted octanol–water partition coefficient (Wildman–Crippen LogP) is 4.98. The molecule has 134 valence electrons. The highest BCUT2D eigenvalue weighted by Gasteiger charge is 2.16. The van der Waals surface area contributed by atoms with Crippen LogP contribution in [0.25, 0.3) is 16.5 Å². The average molecular weight is 366 g/mol. The van der Waals surface area contributed by atoms with E-state index >= 15 is 0 Å². The van der Waals surface area contributed by atoms with Crippen LogP contribution in [0.4, 0.5) is 5.69 Å². The van der Waals surface area contributed by atoms with E-state index in [9.17, 15) is 4.79 Å². The van der Waals surface area contributed by atoms with Crippen molar-refractivity contribution in [1.82, 2.24) is 9.88 Å². The SMILES string of the molecule is CCCN1CC=C(c2c[nH]c3ccc(NC(=O)c4cccs4)cc23)CC1. The third-order valence-electron chi connectivity index (χ3n) is 4.86. The third kappa shape index (κ3) is 3.45. The molecule has 0 saturated carbocycles. The number of carbonyl (C=O) groups excluding carboxylic acids is 1. The second kappa shape index (κ2) is 7.48. The van der Waals surface area contributed by atoms with E-state index in [4.69, 9.17) is 0 Å². The molecule has 0 saturated heterocycles. The number of amides is 1. The summed E-state index contributed by atoms with van der Waals surface area (Å²) < 4.78 is 0. The molecule has 1 aromatic carbocycles. The zero-order valence-corrected chi connectivity index (χ0v) is 15.7. The Morgan fingerprint density at radius 1 is 1.35 bits per heavy atom. The van der Waals surface area contributed by atoms with Gasteiger partial charge in [0.2, 0.25) is 0 Å². The van der Waals surface area contributed by atoms with Gasteiger partial charge >= 0.3 is 0 Å². The van der Waals surface area contributed by atoms with Crippen LogP contribution in [0.5, 0.6) is 0 Å². The Hall–Kier alpha value is -2.37. The van der Waals surface area contributed by atoms with Crippen molar-refractivity contribution in [2.45, 2.75) is 19.8 Å². The fourth-order valence-corrected chi connectivity index (χ4v) is 4.16. The van der Waals surface area contributed by atoms with Gasteiger partial charge in [-0.2, -0.15) is 0 Å². The highest BCUT2D eigenvalue weighted by molar-refractivity contribution is 7.12. The lowest BCUT2D eigenvalue weighted by molar-refractivity contribution is 0.103. The number of anilines is 1. The van der Waals surface area contributed by atoms with Crippen LogP contribution in [0.1, 0.15) is 35.0 Å². The van der Waals surface area contributed by atoms with E-state index < -0.39 is 0 Å². The number of benzene rings is 1. The molecular formula is C21H23N3OS. The molecule has 1 amide bonds. The minimum atomic E-state index is -0.0523. The van der Waals surface area contributed by atoms with Crippen molar-refractivity contribution in [2.75, 3.05) is 25.0 Å². The summed E-state index contributed by atoms with van der Waals surface area (Å²) in [6, 6.07) is 9.80. The van der Waals surface area contributed by atoms with E-state index in [0.29, 0.717) is 0 Å². The number of aromatic amines is 1. The first-order valence-corrected chi connectivity index (χ1v) is 10.0. The van der Waals surface area contributed by atoms with E-state index in [1.54, 1.807) is 0 Å². The molecule has 0 bridgehead atoms. The van der Waals surface area contributed by atoms with E-state index in [1.165, 1.54) is 34.3 Å². The second-order valence-electron chi connectivity index (χ2n) is 6.67. The van der Waals surface area contributed by atoms with Crippen molar-refractivity contribution < 1.29 is 4.79 Å². The van der Waals surface area contributed by atoms with Crippen LogP contribution in [0.2, 0.25) is 0 Å². The summed E-state index contributed by atoms with van der Waals surface area (Å²) in [5.74, 6) is -0.0523. The summed E-state index contributed by atoms with van der Waals surface area (Å²) in [6.07, 6.45) is 6.71. The van der Waals surface area contributed by atoms with Gasteiger partial charge in [0.25, 0.3) is 5.91 Å². The van der Waals surface area contributed by atoms with E-state index in [2.05, 4.69) is 40.5 Å². The number of carbonyl (C=O) groups is 1. The number of fused-ring (bicyclic) bond motifs is 1. The summed E-state index contributed by atoms with van der Waals surface area (Å²) in [5, 5.41) is 6.10. The quantitative estimate of drug-likeness (QED) is 0.670. The van der Waals surface area contributed by atoms with Crippen LogP contribution in [-0.4, -0.2) is 35.4 Å². The van der Waals surface area contributed by atoms with E-state index in [1.807, 2.05) is 29.6 Å². The van der Waals surface area contributed by atoms with Gasteiger partial charge in [-0.3, -0.25) is 9.69 Å². The van der Waals surface area contributed by atoms with Crippen LogP contribution >= 0.6 is 11.3 Å². The van der Waals surface area contributed by atoms with Gasteiger partial charge in [0.05, 0.1) is 4.88 Å². The van der Waals surface area contributed by atoms with Crippen molar-refractivity contribution in [2.24, 2.45) is 0 Å². The molecule has 0 atom stereocenters. The zero-order valence-electron chi connectivity index (χ0n) is 14.9. The van der Waals surface area contributed by atoms with Gasteiger partial charge < -0.3 is 10.3 Å². The van der Waals surface area contributed by atoms with Gasteiger partial charge in [-0.15, -0.1) is 11.3 Å². The minimum Gasteiger partial charge on any atom is -0.361 e. The molecule has 4 nitrogen and oxygen atoms in total. The van der Waals surface area contributed by atoms with Crippen LogP contribution in [0.15, 0.2) is 48.0 Å². The summed E-state index contributed by atoms with van der Waals surface area (Å²) >= 11 is 1.45. The maximum Gasteiger partial charge on any atom is 0.265 e. The summed E-state index contributed by atoms with van der Waals surface area (Å²) in [4.78, 5) is 18.9. The largest absolute Gasteiger partial charge is 0.361 e. The second-order valence-corrected chi connectivity index (χ2v) is 7.62. The van der Waals surface area contributed by atoms with Crippen molar-refractivity contribution >= 4 is 39.4 Å². The van der Waals surface area contributed by atoms with Gasteiger partial charge in [0, 0.05) is 41.4 Å². The molecule has 1 aliphatic heterocycles. The molecule has 0 aliphatic carbocycles. The molecule has 26 heavy (non-hydrogen) atoms. The molecule has 0 fully saturated rings. The standard InChI is InChI=1S/C21H23N3OS/c1-2-9-24-10-7-15(8-11-24)18-14-22-19-6-5-16(13-17(18)19)23-21(25)20-4-3-12-26-20/h3-7,12-14,22H,2,8-11H2,1H3,(H,23,25). The number of thiophene rings is 1. The fraction of sp³-hybridized carbons (Fsp3) is 0.286. The fourth-order valence-electron chi connectivity index (χ4n) is 3.54. The van der Waals surface area contributed by atoms with Gasteiger partial charge in [-0.1, -0.05) is 19.1 Å². The Bertz CT molecular complexity index is 939. The first kappa shape index (κ1) is 17.1. The number of H-pyrrole nitrogens is 1. The maximum atomic E-state index is 12.3. The van der Waals surface area contributed by atoms with Gasteiger partial charge in [0.1, 0.15) is 0 Å². The molecule has 2 N–H and O–H groups in total. The predicted molar refractivity (Wildman–Crippen MR) is 110 cm³/mol. The number of rotatable bonds is 5. The average Bonchev–Trinajstić information content (AvgIpc) is 3.32. The molecule has 4 rings (SSSR count). The molecule has 5 heteroatoms. The van der Waals surface area contributed by atoms with Gasteiger partial charge in [0.15, 0.2) is 0 Å². The Balaban J connectivity index is 1.58. The number of hydrogen-bond acceptors (Lipinski definition) is 3. The lowest BCUT2D eigenvalue weighted by atomic mass is 9.98. The Labute approximate surface area is 157 Å². The smallest absolute Gasteiger partial charge is 0.265 e. The number of hydrogen-bond donors (Lipinski definition) is 2. The minimum absolute atomic E-state index is 0.0523. The van der Waals surface area contributed by atoms with Crippen molar-refractivity contribution in [3.05, 3.63) is 58.4 Å². The van der Waals surface area contributed by atoms with Crippen LogP contribution in [0, 0.1) is 0 Å². The lowest BCUT2D eigenvalue weighted by Crippen LogP contribution is -2.29. The summed E-state index contributed by atoms with van der Waals surface area (Å²) in [6.45, 7) is 5.52. The normalized spacial score (nSPS) is 15.2. The number of nitrogens with zero attached hydrogens (tertiary/aromatic N) is 1. The first-order valence-electron chi connectivity index (χ1n) is 9.12. The van der Waals surface area contributed by atoms with Crippen molar-refractivity contribution in [1.29, 1.82) is 0 Å². The lowest BCUT2D eigenvalue weighted by Gasteiger charge is -2.25. The van der Waals surface area contributed by atoms with Crippen LogP contribution in [0.3, 0.4) is 0 Å². The Kier molecular flexibility index (Phi) is 4.91. The van der Waals surface area contributed by atoms with Crippen LogP contribution < -0.4 is 5.32 Å². The van der Waals surface area contributed by atoms with E-state index in [0.717, 1.165) is 42.1 Å². The number of aromatic nitrogens is 1. The summed E-state index contributed by atoms with van der Waals surface area (Å²) in [5.41, 5.74) is 4.58. The maximum absolute atomic E-state index is 12.3. The highest BCUT2D eigenvalue weighted by atomic mass is 32.1. The molecule has 0 unspecified atom stereocenters. The molecule has 1 aliphatic rings. The Morgan fingerprint density at radius 2 is 2.27 bits per heavy atom. The number of nitrogens with one attached hydrogen (secondary N) is 2. The topological polar surface area (TPSA) is 48.1 Å². The van der Waals surface area contributed by atoms with Crippen molar-refractivity contribution in [3.63, 3.8) is 0 Å². The first-order chi connectivity index (χ1) is 12.7. The van der Waals surface area contributed by atoms with Crippen molar-refractivity contribution in [3.8, 4) is 0 Å². The van der Waals surface area contributed by atoms with E-state index in [-0.39, 0.29) is 5.91 Å². The molecular weight excluding hydrogens is 342 g/mol.